The maximum Gasteiger partial charge on any atom is 0.276 e. The zero-order chi connectivity index (χ0) is 9.42. The SMILES string of the molecule is CN(C)C1=NC2N=CN=C2C(=O)N1. The molecule has 0 fully saturated rings. The molecule has 2 aliphatic heterocycles. The molecule has 2 rings (SSSR count). The quantitative estimate of drug-likeness (QED) is 0.509. The number of hydrogen-bond donors (Lipinski definition) is 1. The van der Waals surface area contributed by atoms with E-state index in [4.69, 9.17) is 0 Å². The Bertz CT molecular complexity index is 341. The van der Waals surface area contributed by atoms with E-state index in [1.807, 2.05) is 0 Å². The van der Waals surface area contributed by atoms with E-state index in [0.29, 0.717) is 11.7 Å². The lowest BCUT2D eigenvalue weighted by atomic mass is 10.2. The first-order valence-electron chi connectivity index (χ1n) is 3.84. The Morgan fingerprint density at radius 2 is 2.31 bits per heavy atom. The molecule has 68 valence electrons. The molecule has 0 aromatic rings. The molecule has 0 aromatic heterocycles. The first-order valence-corrected chi connectivity index (χ1v) is 3.84. The van der Waals surface area contributed by atoms with Crippen molar-refractivity contribution in [2.75, 3.05) is 14.1 Å². The van der Waals surface area contributed by atoms with Crippen molar-refractivity contribution in [2.45, 2.75) is 6.17 Å². The number of nitrogens with zero attached hydrogens (tertiary/aromatic N) is 4. The highest BCUT2D eigenvalue weighted by atomic mass is 16.2. The third-order valence-corrected chi connectivity index (χ3v) is 1.78. The average Bonchev–Trinajstić information content (AvgIpc) is 2.51. The lowest BCUT2D eigenvalue weighted by Crippen LogP contribution is -2.50. The van der Waals surface area contributed by atoms with Crippen LogP contribution in [0, 0.1) is 0 Å². The summed E-state index contributed by atoms with van der Waals surface area (Å²) in [7, 11) is 3.61. The molecule has 6 nitrogen and oxygen atoms in total. The summed E-state index contributed by atoms with van der Waals surface area (Å²) in [5.74, 6) is 0.300. The Kier molecular flexibility index (Phi) is 1.61. The van der Waals surface area contributed by atoms with E-state index >= 15 is 0 Å². The fourth-order valence-corrected chi connectivity index (χ4v) is 1.11. The van der Waals surface area contributed by atoms with Gasteiger partial charge in [-0.15, -0.1) is 0 Å². The Hall–Kier alpha value is -1.72. The third-order valence-electron chi connectivity index (χ3n) is 1.78. The van der Waals surface area contributed by atoms with Crippen molar-refractivity contribution in [2.24, 2.45) is 15.0 Å². The molecule has 2 heterocycles. The normalized spacial score (nSPS) is 24.8. The summed E-state index contributed by atoms with van der Waals surface area (Å²) in [4.78, 5) is 25.0. The van der Waals surface area contributed by atoms with Crippen LogP contribution in [-0.2, 0) is 4.79 Å². The summed E-state index contributed by atoms with van der Waals surface area (Å²) in [6.07, 6.45) is 0.924. The maximum absolute atomic E-state index is 11.4. The number of hydrogen-bond acceptors (Lipinski definition) is 5. The van der Waals surface area contributed by atoms with E-state index in [0.717, 1.165) is 0 Å². The van der Waals surface area contributed by atoms with Gasteiger partial charge in [-0.25, -0.2) is 15.0 Å². The molecule has 0 aromatic carbocycles. The van der Waals surface area contributed by atoms with Gasteiger partial charge in [0, 0.05) is 14.1 Å². The van der Waals surface area contributed by atoms with Gasteiger partial charge in [-0.05, 0) is 0 Å². The van der Waals surface area contributed by atoms with Crippen molar-refractivity contribution < 1.29 is 4.79 Å². The first-order chi connectivity index (χ1) is 6.18. The van der Waals surface area contributed by atoms with Crippen LogP contribution in [0.15, 0.2) is 15.0 Å². The molecular weight excluding hydrogens is 170 g/mol. The van der Waals surface area contributed by atoms with Crippen LogP contribution in [-0.4, -0.2) is 49.1 Å². The molecule has 1 N–H and O–H groups in total. The molecule has 1 atom stereocenters. The van der Waals surface area contributed by atoms with E-state index in [9.17, 15) is 4.79 Å². The number of carbonyl (C=O) groups excluding carboxylic acids is 1. The summed E-state index contributed by atoms with van der Waals surface area (Å²) in [6, 6.07) is 0. The molecule has 0 spiro atoms. The highest BCUT2D eigenvalue weighted by molar-refractivity contribution is 6.46. The molecule has 0 aliphatic carbocycles. The van der Waals surface area contributed by atoms with Gasteiger partial charge < -0.3 is 4.90 Å². The number of guanidine groups is 1. The van der Waals surface area contributed by atoms with Gasteiger partial charge in [-0.1, -0.05) is 0 Å². The Morgan fingerprint density at radius 1 is 1.54 bits per heavy atom. The van der Waals surface area contributed by atoms with Crippen LogP contribution in [0.1, 0.15) is 0 Å². The summed E-state index contributed by atoms with van der Waals surface area (Å²) in [5.41, 5.74) is 0.366. The molecule has 13 heavy (non-hydrogen) atoms. The molecule has 6 heteroatoms. The van der Waals surface area contributed by atoms with Gasteiger partial charge in [-0.2, -0.15) is 0 Å². The molecule has 0 saturated heterocycles. The Morgan fingerprint density at radius 3 is 3.00 bits per heavy atom. The summed E-state index contributed by atoms with van der Waals surface area (Å²) in [6.45, 7) is 0. The van der Waals surface area contributed by atoms with Gasteiger partial charge in [0.05, 0.1) is 0 Å². The van der Waals surface area contributed by atoms with Crippen LogP contribution in [0.25, 0.3) is 0 Å². The fraction of sp³-hybridized carbons (Fsp3) is 0.429. The third kappa shape index (κ3) is 1.20. The average molecular weight is 179 g/mol. The van der Waals surface area contributed by atoms with Crippen molar-refractivity contribution >= 4 is 23.9 Å². The fourth-order valence-electron chi connectivity index (χ4n) is 1.11. The van der Waals surface area contributed by atoms with Crippen molar-refractivity contribution in [3.8, 4) is 0 Å². The van der Waals surface area contributed by atoms with Gasteiger partial charge >= 0.3 is 0 Å². The van der Waals surface area contributed by atoms with Crippen molar-refractivity contribution in [3.63, 3.8) is 0 Å². The Labute approximate surface area is 75.1 Å². The second-order valence-electron chi connectivity index (χ2n) is 2.95. The topological polar surface area (TPSA) is 69.4 Å². The zero-order valence-electron chi connectivity index (χ0n) is 7.35. The molecule has 1 amide bonds. The highest BCUT2D eigenvalue weighted by Gasteiger charge is 2.30. The number of carbonyl (C=O) groups is 1. The lowest BCUT2D eigenvalue weighted by Gasteiger charge is -2.22. The van der Waals surface area contributed by atoms with Gasteiger partial charge in [0.2, 0.25) is 5.96 Å². The smallest absolute Gasteiger partial charge is 0.276 e. The lowest BCUT2D eigenvalue weighted by molar-refractivity contribution is -0.114. The number of nitrogens with one attached hydrogen (secondary N) is 1. The van der Waals surface area contributed by atoms with Crippen LogP contribution < -0.4 is 5.32 Å². The second-order valence-corrected chi connectivity index (χ2v) is 2.95. The largest absolute Gasteiger partial charge is 0.349 e. The van der Waals surface area contributed by atoms with Crippen molar-refractivity contribution in [1.82, 2.24) is 10.2 Å². The zero-order valence-corrected chi connectivity index (χ0v) is 7.35. The van der Waals surface area contributed by atoms with Crippen LogP contribution in [0.2, 0.25) is 0 Å². The minimum atomic E-state index is -0.439. The van der Waals surface area contributed by atoms with Crippen molar-refractivity contribution in [3.05, 3.63) is 0 Å². The number of rotatable bonds is 0. The highest BCUT2D eigenvalue weighted by Crippen LogP contribution is 2.08. The summed E-state index contributed by atoms with van der Waals surface area (Å²) in [5, 5.41) is 2.61. The summed E-state index contributed by atoms with van der Waals surface area (Å²) < 4.78 is 0. The predicted octanol–water partition coefficient (Wildman–Crippen LogP) is -1.16. The minimum absolute atomic E-state index is 0.221. The van der Waals surface area contributed by atoms with E-state index in [1.54, 1.807) is 19.0 Å². The van der Waals surface area contributed by atoms with Gasteiger partial charge in [0.25, 0.3) is 5.91 Å². The first kappa shape index (κ1) is 7.90. The number of amides is 1. The molecule has 2 aliphatic rings. The molecular formula is C7H9N5O. The van der Waals surface area contributed by atoms with Gasteiger partial charge in [0.15, 0.2) is 11.9 Å². The standard InChI is InChI=1S/C7H9N5O/c1-12(2)7-10-5-4(6(13)11-7)8-3-9-5/h3,5H,1-2H3,(H,10,11,13). The second kappa shape index (κ2) is 2.65. The monoisotopic (exact) mass is 179 g/mol. The van der Waals surface area contributed by atoms with E-state index < -0.39 is 6.17 Å². The van der Waals surface area contributed by atoms with Gasteiger partial charge in [-0.3, -0.25) is 10.1 Å². The van der Waals surface area contributed by atoms with E-state index in [2.05, 4.69) is 20.3 Å². The molecule has 0 radical (unpaired) electrons. The molecule has 1 unspecified atom stereocenters. The minimum Gasteiger partial charge on any atom is -0.349 e. The van der Waals surface area contributed by atoms with E-state index in [1.165, 1.54) is 6.34 Å². The predicted molar refractivity (Wildman–Crippen MR) is 49.0 cm³/mol. The van der Waals surface area contributed by atoms with Crippen LogP contribution in [0.4, 0.5) is 0 Å². The summed E-state index contributed by atoms with van der Waals surface area (Å²) >= 11 is 0. The van der Waals surface area contributed by atoms with Crippen LogP contribution in [0.3, 0.4) is 0 Å². The van der Waals surface area contributed by atoms with Crippen LogP contribution >= 0.6 is 0 Å². The van der Waals surface area contributed by atoms with Crippen molar-refractivity contribution in [1.29, 1.82) is 0 Å². The Balaban J connectivity index is 2.33. The maximum atomic E-state index is 11.4. The van der Waals surface area contributed by atoms with Crippen LogP contribution in [0.5, 0.6) is 0 Å². The molecule has 0 bridgehead atoms. The van der Waals surface area contributed by atoms with E-state index in [-0.39, 0.29) is 5.91 Å². The van der Waals surface area contributed by atoms with Gasteiger partial charge in [0.1, 0.15) is 6.34 Å². The number of fused-ring (bicyclic) bond motifs is 1. The number of aliphatic imine (C=N–C) groups is 3. The molecule has 0 saturated carbocycles.